The SMILES string of the molecule is CCCCCN(c1nc(CNC)co1)C(C)C. The zero-order chi connectivity index (χ0) is 12.7. The van der Waals surface area contributed by atoms with Crippen molar-refractivity contribution in [3.8, 4) is 0 Å². The third kappa shape index (κ3) is 4.38. The summed E-state index contributed by atoms with van der Waals surface area (Å²) in [5, 5.41) is 3.08. The lowest BCUT2D eigenvalue weighted by Gasteiger charge is -2.24. The molecule has 1 aromatic heterocycles. The normalized spacial score (nSPS) is 11.1. The van der Waals surface area contributed by atoms with Crippen LogP contribution in [0, 0.1) is 0 Å². The summed E-state index contributed by atoms with van der Waals surface area (Å²) in [5.74, 6) is 0. The van der Waals surface area contributed by atoms with Crippen LogP contribution in [0.15, 0.2) is 10.7 Å². The van der Waals surface area contributed by atoms with E-state index in [9.17, 15) is 0 Å². The van der Waals surface area contributed by atoms with Gasteiger partial charge in [0.2, 0.25) is 0 Å². The van der Waals surface area contributed by atoms with Gasteiger partial charge in [0.25, 0.3) is 6.01 Å². The van der Waals surface area contributed by atoms with E-state index in [1.165, 1.54) is 19.3 Å². The van der Waals surface area contributed by atoms with Gasteiger partial charge in [-0.05, 0) is 27.3 Å². The lowest BCUT2D eigenvalue weighted by atomic mass is 10.2. The Hall–Kier alpha value is -1.03. The molecular formula is C13H25N3O. The molecule has 1 heterocycles. The topological polar surface area (TPSA) is 41.3 Å². The minimum Gasteiger partial charge on any atom is -0.432 e. The standard InChI is InChI=1S/C13H25N3O/c1-5-6-7-8-16(11(2)3)13-15-12(9-14-4)10-17-13/h10-11,14H,5-9H2,1-4H3. The molecule has 0 spiro atoms. The van der Waals surface area contributed by atoms with Gasteiger partial charge in [0.1, 0.15) is 6.26 Å². The van der Waals surface area contributed by atoms with Crippen LogP contribution in [0.25, 0.3) is 0 Å². The van der Waals surface area contributed by atoms with Crippen LogP contribution in [0.2, 0.25) is 0 Å². The number of anilines is 1. The smallest absolute Gasteiger partial charge is 0.297 e. The highest BCUT2D eigenvalue weighted by atomic mass is 16.4. The van der Waals surface area contributed by atoms with Crippen LogP contribution < -0.4 is 10.2 Å². The fourth-order valence-corrected chi connectivity index (χ4v) is 1.80. The molecule has 17 heavy (non-hydrogen) atoms. The van der Waals surface area contributed by atoms with E-state index in [0.29, 0.717) is 6.04 Å². The molecule has 0 fully saturated rings. The summed E-state index contributed by atoms with van der Waals surface area (Å²) in [4.78, 5) is 6.73. The van der Waals surface area contributed by atoms with Gasteiger partial charge in [0.15, 0.2) is 0 Å². The summed E-state index contributed by atoms with van der Waals surface area (Å²) in [7, 11) is 1.91. The molecule has 1 aromatic rings. The quantitative estimate of drug-likeness (QED) is 0.708. The number of nitrogens with one attached hydrogen (secondary N) is 1. The van der Waals surface area contributed by atoms with Crippen molar-refractivity contribution in [2.45, 2.75) is 52.6 Å². The predicted molar refractivity (Wildman–Crippen MR) is 71.3 cm³/mol. The van der Waals surface area contributed by atoms with E-state index in [4.69, 9.17) is 4.42 Å². The fraction of sp³-hybridized carbons (Fsp3) is 0.769. The largest absolute Gasteiger partial charge is 0.432 e. The molecule has 1 N–H and O–H groups in total. The minimum absolute atomic E-state index is 0.424. The Kier molecular flexibility index (Phi) is 6.05. The first-order chi connectivity index (χ1) is 8.19. The Labute approximate surface area is 104 Å². The molecule has 4 heteroatoms. The molecule has 0 aromatic carbocycles. The summed E-state index contributed by atoms with van der Waals surface area (Å²) in [6.45, 7) is 8.34. The van der Waals surface area contributed by atoms with Gasteiger partial charge < -0.3 is 14.6 Å². The van der Waals surface area contributed by atoms with Gasteiger partial charge in [-0.25, -0.2) is 0 Å². The Morgan fingerprint density at radius 1 is 1.41 bits per heavy atom. The molecule has 0 saturated heterocycles. The maximum Gasteiger partial charge on any atom is 0.297 e. The number of aromatic nitrogens is 1. The molecule has 0 atom stereocenters. The van der Waals surface area contributed by atoms with Crippen LogP contribution in [0.1, 0.15) is 45.7 Å². The predicted octanol–water partition coefficient (Wildman–Crippen LogP) is 2.80. The van der Waals surface area contributed by atoms with Gasteiger partial charge in [0, 0.05) is 19.1 Å². The van der Waals surface area contributed by atoms with E-state index >= 15 is 0 Å². The Bertz CT molecular complexity index is 309. The van der Waals surface area contributed by atoms with E-state index in [1.54, 1.807) is 6.26 Å². The average Bonchev–Trinajstić information content (AvgIpc) is 2.73. The first-order valence-corrected chi connectivity index (χ1v) is 6.54. The molecule has 0 radical (unpaired) electrons. The third-order valence-electron chi connectivity index (χ3n) is 2.77. The number of rotatable bonds is 8. The molecule has 1 rings (SSSR count). The lowest BCUT2D eigenvalue weighted by molar-refractivity contribution is 0.502. The van der Waals surface area contributed by atoms with Crippen molar-refractivity contribution in [1.29, 1.82) is 0 Å². The Balaban J connectivity index is 2.61. The number of unbranched alkanes of at least 4 members (excludes halogenated alkanes) is 2. The zero-order valence-corrected chi connectivity index (χ0v) is 11.5. The molecule has 0 unspecified atom stereocenters. The van der Waals surface area contributed by atoms with Crippen molar-refractivity contribution in [2.24, 2.45) is 0 Å². The molecule has 0 bridgehead atoms. The van der Waals surface area contributed by atoms with Crippen LogP contribution in [0.4, 0.5) is 6.01 Å². The summed E-state index contributed by atoms with van der Waals surface area (Å²) in [6, 6.07) is 1.18. The summed E-state index contributed by atoms with van der Waals surface area (Å²) in [5.41, 5.74) is 0.962. The summed E-state index contributed by atoms with van der Waals surface area (Å²) >= 11 is 0. The zero-order valence-electron chi connectivity index (χ0n) is 11.5. The lowest BCUT2D eigenvalue weighted by Crippen LogP contribution is -2.32. The highest BCUT2D eigenvalue weighted by molar-refractivity contribution is 5.28. The second-order valence-corrected chi connectivity index (χ2v) is 4.65. The third-order valence-corrected chi connectivity index (χ3v) is 2.77. The van der Waals surface area contributed by atoms with Crippen LogP contribution in [0.3, 0.4) is 0 Å². The van der Waals surface area contributed by atoms with Crippen molar-refractivity contribution < 1.29 is 4.42 Å². The highest BCUT2D eigenvalue weighted by Crippen LogP contribution is 2.17. The fourth-order valence-electron chi connectivity index (χ4n) is 1.80. The van der Waals surface area contributed by atoms with Gasteiger partial charge in [-0.15, -0.1) is 0 Å². The van der Waals surface area contributed by atoms with Gasteiger partial charge in [-0.2, -0.15) is 4.98 Å². The van der Waals surface area contributed by atoms with E-state index in [-0.39, 0.29) is 0 Å². The monoisotopic (exact) mass is 239 g/mol. The Morgan fingerprint density at radius 2 is 2.18 bits per heavy atom. The first kappa shape index (κ1) is 14.0. The van der Waals surface area contributed by atoms with E-state index in [0.717, 1.165) is 24.8 Å². The van der Waals surface area contributed by atoms with Crippen LogP contribution >= 0.6 is 0 Å². The van der Waals surface area contributed by atoms with Crippen molar-refractivity contribution in [1.82, 2.24) is 10.3 Å². The van der Waals surface area contributed by atoms with Crippen molar-refractivity contribution in [2.75, 3.05) is 18.5 Å². The Morgan fingerprint density at radius 3 is 2.76 bits per heavy atom. The van der Waals surface area contributed by atoms with Crippen molar-refractivity contribution in [3.05, 3.63) is 12.0 Å². The maximum atomic E-state index is 5.55. The van der Waals surface area contributed by atoms with Gasteiger partial charge in [0.05, 0.1) is 5.69 Å². The number of hydrogen-bond acceptors (Lipinski definition) is 4. The van der Waals surface area contributed by atoms with Crippen molar-refractivity contribution >= 4 is 6.01 Å². The average molecular weight is 239 g/mol. The van der Waals surface area contributed by atoms with Crippen LogP contribution in [-0.4, -0.2) is 24.6 Å². The molecule has 0 aliphatic carbocycles. The summed E-state index contributed by atoms with van der Waals surface area (Å²) in [6.07, 6.45) is 5.43. The minimum atomic E-state index is 0.424. The number of oxazole rings is 1. The molecule has 4 nitrogen and oxygen atoms in total. The molecule has 0 aliphatic heterocycles. The van der Waals surface area contributed by atoms with E-state index in [2.05, 4.69) is 36.0 Å². The maximum absolute atomic E-state index is 5.55. The number of nitrogens with zero attached hydrogens (tertiary/aromatic N) is 2. The van der Waals surface area contributed by atoms with Gasteiger partial charge >= 0.3 is 0 Å². The highest BCUT2D eigenvalue weighted by Gasteiger charge is 2.15. The second-order valence-electron chi connectivity index (χ2n) is 4.65. The van der Waals surface area contributed by atoms with Crippen molar-refractivity contribution in [3.63, 3.8) is 0 Å². The van der Waals surface area contributed by atoms with E-state index < -0.39 is 0 Å². The van der Waals surface area contributed by atoms with E-state index in [1.807, 2.05) is 7.05 Å². The molecule has 98 valence electrons. The summed E-state index contributed by atoms with van der Waals surface area (Å²) < 4.78 is 5.55. The van der Waals surface area contributed by atoms with Gasteiger partial charge in [-0.1, -0.05) is 19.8 Å². The molecular weight excluding hydrogens is 214 g/mol. The second kappa shape index (κ2) is 7.33. The molecule has 0 amide bonds. The number of hydrogen-bond donors (Lipinski definition) is 1. The molecule has 0 saturated carbocycles. The van der Waals surface area contributed by atoms with Crippen LogP contribution in [-0.2, 0) is 6.54 Å². The molecule has 0 aliphatic rings. The first-order valence-electron chi connectivity index (χ1n) is 6.54. The van der Waals surface area contributed by atoms with Gasteiger partial charge in [-0.3, -0.25) is 0 Å². The van der Waals surface area contributed by atoms with Crippen LogP contribution in [0.5, 0.6) is 0 Å².